The lowest BCUT2D eigenvalue weighted by Gasteiger charge is -2.28. The summed E-state index contributed by atoms with van der Waals surface area (Å²) in [6, 6.07) is 6.16. The van der Waals surface area contributed by atoms with E-state index in [2.05, 4.69) is 47.2 Å². The van der Waals surface area contributed by atoms with Crippen LogP contribution in [-0.2, 0) is 27.2 Å². The average molecular weight is 392 g/mol. The molecule has 6 atom stereocenters. The largest absolute Gasteiger partial charge is 0.461 e. The summed E-state index contributed by atoms with van der Waals surface area (Å²) in [5.74, 6) is -0.350. The molecular weight excluding hydrogens is 370 g/mol. The van der Waals surface area contributed by atoms with Gasteiger partial charge in [-0.25, -0.2) is 0 Å². The number of halogens is 1. The Balaban J connectivity index is 1.63. The van der Waals surface area contributed by atoms with E-state index in [0.717, 1.165) is 36.1 Å². The predicted octanol–water partition coefficient (Wildman–Crippen LogP) is 3.32. The summed E-state index contributed by atoms with van der Waals surface area (Å²) in [7, 11) is 0. The number of fused-ring (bicyclic) bond motifs is 1. The van der Waals surface area contributed by atoms with Gasteiger partial charge in [0.1, 0.15) is 6.10 Å². The Kier molecular flexibility index (Phi) is 3.94. The van der Waals surface area contributed by atoms with Crippen LogP contribution in [0.15, 0.2) is 18.2 Å². The quantitative estimate of drug-likeness (QED) is 0.632. The molecular formula is C19H22BrNO3. The van der Waals surface area contributed by atoms with Gasteiger partial charge in [-0.3, -0.25) is 9.59 Å². The molecule has 0 unspecified atom stereocenters. The first-order valence-corrected chi connectivity index (χ1v) is 9.74. The molecule has 128 valence electrons. The van der Waals surface area contributed by atoms with Crippen LogP contribution in [0.5, 0.6) is 0 Å². The first-order valence-electron chi connectivity index (χ1n) is 8.83. The summed E-state index contributed by atoms with van der Waals surface area (Å²) in [5, 5.41) is 3.16. The number of para-hydroxylation sites is 1. The highest BCUT2D eigenvalue weighted by Crippen LogP contribution is 2.60. The summed E-state index contributed by atoms with van der Waals surface area (Å²) < 4.78 is 5.51. The first kappa shape index (κ1) is 16.1. The van der Waals surface area contributed by atoms with Crippen molar-refractivity contribution in [2.75, 3.05) is 5.32 Å². The molecule has 1 amide bonds. The van der Waals surface area contributed by atoms with Gasteiger partial charge in [0.25, 0.3) is 0 Å². The molecule has 1 aromatic rings. The number of aryl methyl sites for hydroxylation is 2. The molecule has 2 bridgehead atoms. The second-order valence-electron chi connectivity index (χ2n) is 7.11. The van der Waals surface area contributed by atoms with Gasteiger partial charge in [-0.1, -0.05) is 48.0 Å². The fourth-order valence-corrected chi connectivity index (χ4v) is 5.98. The van der Waals surface area contributed by atoms with Crippen LogP contribution in [0.25, 0.3) is 0 Å². The van der Waals surface area contributed by atoms with Crippen LogP contribution in [0.3, 0.4) is 0 Å². The molecule has 1 aromatic carbocycles. The minimum atomic E-state index is -0.278. The molecule has 3 aliphatic rings. The van der Waals surface area contributed by atoms with Gasteiger partial charge in [0.2, 0.25) is 5.91 Å². The maximum absolute atomic E-state index is 13.1. The minimum Gasteiger partial charge on any atom is -0.461 e. The van der Waals surface area contributed by atoms with Crippen molar-refractivity contribution >= 4 is 33.5 Å². The van der Waals surface area contributed by atoms with Gasteiger partial charge < -0.3 is 10.1 Å². The molecule has 1 saturated heterocycles. The summed E-state index contributed by atoms with van der Waals surface area (Å²) in [6.45, 7) is 4.19. The number of ether oxygens (including phenoxy) is 1. The van der Waals surface area contributed by atoms with Crippen molar-refractivity contribution in [3.05, 3.63) is 29.3 Å². The van der Waals surface area contributed by atoms with E-state index >= 15 is 0 Å². The summed E-state index contributed by atoms with van der Waals surface area (Å²) in [4.78, 5) is 25.4. The number of rotatable bonds is 4. The smallest absolute Gasteiger partial charge is 0.310 e. The second-order valence-corrected chi connectivity index (χ2v) is 8.17. The Morgan fingerprint density at radius 2 is 1.92 bits per heavy atom. The number of hydrogen-bond donors (Lipinski definition) is 1. The van der Waals surface area contributed by atoms with Crippen LogP contribution in [0.2, 0.25) is 0 Å². The zero-order chi connectivity index (χ0) is 17.0. The Hall–Kier alpha value is -1.36. The molecule has 0 radical (unpaired) electrons. The molecule has 4 nitrogen and oxygen atoms in total. The molecule has 4 rings (SSSR count). The average Bonchev–Trinajstić information content (AvgIpc) is 3.19. The third-order valence-corrected chi connectivity index (χ3v) is 7.27. The predicted molar refractivity (Wildman–Crippen MR) is 95.0 cm³/mol. The molecule has 2 aliphatic carbocycles. The molecule has 0 spiro atoms. The van der Waals surface area contributed by atoms with Crippen molar-refractivity contribution in [1.82, 2.24) is 0 Å². The van der Waals surface area contributed by atoms with Crippen LogP contribution < -0.4 is 5.32 Å². The van der Waals surface area contributed by atoms with E-state index in [9.17, 15) is 9.59 Å². The number of benzene rings is 1. The monoisotopic (exact) mass is 391 g/mol. The molecule has 2 saturated carbocycles. The number of alkyl halides is 1. The van der Waals surface area contributed by atoms with Crippen molar-refractivity contribution in [2.45, 2.75) is 44.0 Å². The number of nitrogens with one attached hydrogen (secondary N) is 1. The lowest BCUT2D eigenvalue weighted by Crippen LogP contribution is -2.40. The van der Waals surface area contributed by atoms with Crippen LogP contribution in [0.4, 0.5) is 5.69 Å². The van der Waals surface area contributed by atoms with Gasteiger partial charge in [0.05, 0.1) is 16.7 Å². The normalized spacial score (nSPS) is 36.0. The standard InChI is InChI=1S/C19H22BrNO3/c1-3-9-6-5-7-10(4-2)16(9)21-18(22)13-11-8-12-14(13)19(23)24-17(12)15(11)20/h5-7,11-15,17H,3-4,8H2,1-2H3,(H,21,22)/t11-,12-,13-,14-,15-,17+/m1/s1. The Morgan fingerprint density at radius 3 is 2.54 bits per heavy atom. The van der Waals surface area contributed by atoms with Crippen molar-refractivity contribution in [2.24, 2.45) is 23.7 Å². The van der Waals surface area contributed by atoms with Crippen molar-refractivity contribution in [1.29, 1.82) is 0 Å². The van der Waals surface area contributed by atoms with E-state index in [4.69, 9.17) is 4.74 Å². The highest BCUT2D eigenvalue weighted by molar-refractivity contribution is 9.09. The molecule has 0 aromatic heterocycles. The molecule has 3 fully saturated rings. The van der Waals surface area contributed by atoms with Gasteiger partial charge in [0, 0.05) is 11.6 Å². The zero-order valence-electron chi connectivity index (χ0n) is 13.9. The lowest BCUT2D eigenvalue weighted by atomic mass is 9.79. The van der Waals surface area contributed by atoms with Gasteiger partial charge in [-0.05, 0) is 36.3 Å². The third kappa shape index (κ3) is 2.17. The fourth-order valence-electron chi connectivity index (χ4n) is 4.94. The number of anilines is 1. The molecule has 1 heterocycles. The minimum absolute atomic E-state index is 0.0233. The Bertz CT molecular complexity index is 682. The fraction of sp³-hybridized carbons (Fsp3) is 0.579. The first-order chi connectivity index (χ1) is 11.6. The van der Waals surface area contributed by atoms with Crippen LogP contribution in [-0.4, -0.2) is 22.8 Å². The Morgan fingerprint density at radius 1 is 1.25 bits per heavy atom. The van der Waals surface area contributed by atoms with Crippen LogP contribution in [0.1, 0.15) is 31.4 Å². The molecule has 1 aliphatic heterocycles. The van der Waals surface area contributed by atoms with Gasteiger partial charge in [-0.15, -0.1) is 0 Å². The number of carbonyl (C=O) groups is 2. The number of amides is 1. The molecule has 5 heteroatoms. The summed E-state index contributed by atoms with van der Waals surface area (Å²) in [6.07, 6.45) is 2.61. The van der Waals surface area contributed by atoms with Gasteiger partial charge >= 0.3 is 5.97 Å². The second kappa shape index (κ2) is 5.87. The van der Waals surface area contributed by atoms with Crippen LogP contribution in [0, 0.1) is 23.7 Å². The Labute approximate surface area is 150 Å². The number of carbonyl (C=O) groups excluding carboxylic acids is 2. The third-order valence-electron chi connectivity index (χ3n) is 6.07. The van der Waals surface area contributed by atoms with Gasteiger partial charge in [0.15, 0.2) is 0 Å². The topological polar surface area (TPSA) is 55.4 Å². The van der Waals surface area contributed by atoms with E-state index in [0.29, 0.717) is 0 Å². The number of esters is 1. The van der Waals surface area contributed by atoms with E-state index in [1.54, 1.807) is 0 Å². The van der Waals surface area contributed by atoms with E-state index in [1.165, 1.54) is 0 Å². The van der Waals surface area contributed by atoms with Crippen molar-refractivity contribution in [3.63, 3.8) is 0 Å². The van der Waals surface area contributed by atoms with Gasteiger partial charge in [-0.2, -0.15) is 0 Å². The molecule has 24 heavy (non-hydrogen) atoms. The van der Waals surface area contributed by atoms with Crippen molar-refractivity contribution < 1.29 is 14.3 Å². The summed E-state index contributed by atoms with van der Waals surface area (Å²) >= 11 is 3.67. The van der Waals surface area contributed by atoms with E-state index in [1.807, 2.05) is 6.07 Å². The maximum atomic E-state index is 13.1. The lowest BCUT2D eigenvalue weighted by molar-refractivity contribution is -0.145. The zero-order valence-corrected chi connectivity index (χ0v) is 15.5. The van der Waals surface area contributed by atoms with E-state index < -0.39 is 0 Å². The van der Waals surface area contributed by atoms with E-state index in [-0.39, 0.29) is 46.5 Å². The highest BCUT2D eigenvalue weighted by Gasteiger charge is 2.67. The van der Waals surface area contributed by atoms with Crippen LogP contribution >= 0.6 is 15.9 Å². The van der Waals surface area contributed by atoms with Crippen molar-refractivity contribution in [3.8, 4) is 0 Å². The maximum Gasteiger partial charge on any atom is 0.310 e. The highest BCUT2D eigenvalue weighted by atomic mass is 79.9. The summed E-state index contributed by atoms with van der Waals surface area (Å²) in [5.41, 5.74) is 3.23. The number of hydrogen-bond acceptors (Lipinski definition) is 3. The SMILES string of the molecule is CCc1cccc(CC)c1NC(=O)[C@@H]1[C@H]2C[C@H]3[C@H](OC(=O)[C@H]31)[C@@H]2Br. The molecule has 1 N–H and O–H groups in total.